The van der Waals surface area contributed by atoms with Crippen molar-refractivity contribution in [2.24, 2.45) is 0 Å². The largest absolute Gasteiger partial charge is 0.393 e. The van der Waals surface area contributed by atoms with E-state index in [2.05, 4.69) is 22.5 Å². The lowest BCUT2D eigenvalue weighted by Crippen LogP contribution is -2.68. The lowest BCUT2D eigenvalue weighted by Gasteiger charge is -2.39. The number of allylic oxidation sites excluding steroid dienone is 1. The van der Waals surface area contributed by atoms with E-state index < -0.39 is 5.66 Å². The van der Waals surface area contributed by atoms with Crippen LogP contribution in [0.25, 0.3) is 0 Å². The first-order valence-corrected chi connectivity index (χ1v) is 6.47. The second kappa shape index (κ2) is 9.59. The Kier molecular flexibility index (Phi) is 9.36. The monoisotopic (exact) mass is 243 g/mol. The average Bonchev–Trinajstić information content (AvgIpc) is 2.38. The molecule has 1 unspecified atom stereocenters. The Morgan fingerprint density at radius 2 is 1.82 bits per heavy atom. The second-order valence-corrected chi connectivity index (χ2v) is 4.40. The number of nitrogens with one attached hydrogen (secondary N) is 3. The van der Waals surface area contributed by atoms with Gasteiger partial charge in [0.05, 0.1) is 6.61 Å². The minimum Gasteiger partial charge on any atom is -0.393 e. The van der Waals surface area contributed by atoms with Gasteiger partial charge in [0.25, 0.3) is 0 Å². The van der Waals surface area contributed by atoms with E-state index in [1.165, 1.54) is 12.8 Å². The highest BCUT2D eigenvalue weighted by Gasteiger charge is 2.33. The van der Waals surface area contributed by atoms with Crippen molar-refractivity contribution in [2.45, 2.75) is 43.8 Å². The lowest BCUT2D eigenvalue weighted by molar-refractivity contribution is 0.101. The van der Waals surface area contributed by atoms with E-state index in [9.17, 15) is 5.11 Å². The lowest BCUT2D eigenvalue weighted by atomic mass is 9.95. The molecule has 17 heavy (non-hydrogen) atoms. The van der Waals surface area contributed by atoms with Gasteiger partial charge < -0.3 is 10.4 Å². The molecule has 0 fully saturated rings. The SMILES string of the molecule is C=CCCCCCC(NC)C(CO)(NC)NC. The molecule has 0 aromatic rings. The minimum atomic E-state index is -0.437. The van der Waals surface area contributed by atoms with E-state index in [0.717, 1.165) is 19.3 Å². The van der Waals surface area contributed by atoms with Crippen LogP contribution in [-0.2, 0) is 0 Å². The molecule has 0 amide bonds. The number of rotatable bonds is 11. The second-order valence-electron chi connectivity index (χ2n) is 4.40. The summed E-state index contributed by atoms with van der Waals surface area (Å²) >= 11 is 0. The van der Waals surface area contributed by atoms with Crippen LogP contribution in [0.15, 0.2) is 12.7 Å². The van der Waals surface area contributed by atoms with Gasteiger partial charge in [-0.3, -0.25) is 10.6 Å². The van der Waals surface area contributed by atoms with Gasteiger partial charge >= 0.3 is 0 Å². The molecule has 4 heteroatoms. The molecule has 0 spiro atoms. The van der Waals surface area contributed by atoms with Crippen LogP contribution in [0, 0.1) is 0 Å². The van der Waals surface area contributed by atoms with Crippen LogP contribution in [0.2, 0.25) is 0 Å². The molecule has 0 rings (SSSR count). The average molecular weight is 243 g/mol. The maximum atomic E-state index is 9.54. The molecule has 0 radical (unpaired) electrons. The van der Waals surface area contributed by atoms with Gasteiger partial charge in [-0.05, 0) is 40.4 Å². The van der Waals surface area contributed by atoms with E-state index in [1.54, 1.807) is 0 Å². The van der Waals surface area contributed by atoms with Gasteiger partial charge in [0.2, 0.25) is 0 Å². The Hall–Kier alpha value is -0.420. The Labute approximate surface area is 106 Å². The molecule has 0 saturated carbocycles. The van der Waals surface area contributed by atoms with Crippen molar-refractivity contribution in [2.75, 3.05) is 27.7 Å². The molecule has 0 aliphatic carbocycles. The fourth-order valence-electron chi connectivity index (χ4n) is 2.19. The van der Waals surface area contributed by atoms with Crippen molar-refractivity contribution in [3.8, 4) is 0 Å². The molecule has 1 atom stereocenters. The third kappa shape index (κ3) is 5.17. The van der Waals surface area contributed by atoms with Gasteiger partial charge in [-0.2, -0.15) is 0 Å². The summed E-state index contributed by atoms with van der Waals surface area (Å²) in [5.74, 6) is 0. The first-order chi connectivity index (χ1) is 8.20. The minimum absolute atomic E-state index is 0.0676. The molecule has 0 bridgehead atoms. The molecular formula is C13H29N3O. The number of likely N-dealkylation sites (N-methyl/N-ethyl adjacent to an activating group) is 3. The molecule has 0 saturated heterocycles. The predicted octanol–water partition coefficient (Wildman–Crippen LogP) is 0.838. The first kappa shape index (κ1) is 16.6. The zero-order valence-corrected chi connectivity index (χ0v) is 11.6. The normalized spacial score (nSPS) is 13.6. The quantitative estimate of drug-likeness (QED) is 0.247. The van der Waals surface area contributed by atoms with Crippen molar-refractivity contribution in [1.29, 1.82) is 0 Å². The summed E-state index contributed by atoms with van der Waals surface area (Å²) in [6, 6.07) is 0.214. The zero-order valence-electron chi connectivity index (χ0n) is 11.6. The van der Waals surface area contributed by atoms with Gasteiger partial charge in [0.1, 0.15) is 5.66 Å². The van der Waals surface area contributed by atoms with Gasteiger partial charge in [-0.25, -0.2) is 0 Å². The molecule has 0 heterocycles. The number of hydrogen-bond acceptors (Lipinski definition) is 4. The summed E-state index contributed by atoms with van der Waals surface area (Å²) in [5, 5.41) is 19.2. The van der Waals surface area contributed by atoms with Gasteiger partial charge in [-0.1, -0.05) is 18.9 Å². The predicted molar refractivity (Wildman–Crippen MR) is 74.1 cm³/mol. The van der Waals surface area contributed by atoms with Crippen LogP contribution in [0.1, 0.15) is 32.1 Å². The maximum absolute atomic E-state index is 9.54. The molecule has 4 N–H and O–H groups in total. The Bertz CT molecular complexity index is 185. The summed E-state index contributed by atoms with van der Waals surface area (Å²) < 4.78 is 0. The van der Waals surface area contributed by atoms with Gasteiger partial charge in [0, 0.05) is 6.04 Å². The van der Waals surface area contributed by atoms with Crippen LogP contribution < -0.4 is 16.0 Å². The van der Waals surface area contributed by atoms with E-state index in [1.807, 2.05) is 27.2 Å². The van der Waals surface area contributed by atoms with Crippen LogP contribution in [0.5, 0.6) is 0 Å². The summed E-state index contributed by atoms with van der Waals surface area (Å²) in [6.07, 6.45) is 7.66. The molecule has 0 aliphatic rings. The van der Waals surface area contributed by atoms with E-state index in [0.29, 0.717) is 0 Å². The number of unbranched alkanes of at least 4 members (excludes halogenated alkanes) is 3. The Balaban J connectivity index is 4.15. The van der Waals surface area contributed by atoms with Crippen LogP contribution in [0.4, 0.5) is 0 Å². The van der Waals surface area contributed by atoms with Crippen LogP contribution in [-0.4, -0.2) is 44.6 Å². The third-order valence-corrected chi connectivity index (χ3v) is 3.49. The van der Waals surface area contributed by atoms with Crippen molar-refractivity contribution >= 4 is 0 Å². The van der Waals surface area contributed by atoms with E-state index >= 15 is 0 Å². The fourth-order valence-corrected chi connectivity index (χ4v) is 2.19. The summed E-state index contributed by atoms with van der Waals surface area (Å²) in [4.78, 5) is 0. The third-order valence-electron chi connectivity index (χ3n) is 3.49. The van der Waals surface area contributed by atoms with Crippen LogP contribution in [0.3, 0.4) is 0 Å². The Morgan fingerprint density at radius 3 is 2.24 bits per heavy atom. The maximum Gasteiger partial charge on any atom is 0.108 e. The molecular weight excluding hydrogens is 214 g/mol. The molecule has 0 aromatic carbocycles. The van der Waals surface area contributed by atoms with E-state index in [-0.39, 0.29) is 12.6 Å². The van der Waals surface area contributed by atoms with E-state index in [4.69, 9.17) is 0 Å². The smallest absolute Gasteiger partial charge is 0.108 e. The molecule has 102 valence electrons. The van der Waals surface area contributed by atoms with Crippen molar-refractivity contribution in [3.05, 3.63) is 12.7 Å². The highest BCUT2D eigenvalue weighted by atomic mass is 16.3. The standard InChI is InChI=1S/C13H29N3O/c1-5-6-7-8-9-10-12(14-2)13(11-17,15-3)16-4/h5,12,14-17H,1,6-11H2,2-4H3. The number of hydrogen-bond donors (Lipinski definition) is 4. The van der Waals surface area contributed by atoms with Gasteiger partial charge in [-0.15, -0.1) is 6.58 Å². The summed E-state index contributed by atoms with van der Waals surface area (Å²) in [7, 11) is 5.68. The van der Waals surface area contributed by atoms with Gasteiger partial charge in [0.15, 0.2) is 0 Å². The number of aliphatic hydroxyl groups excluding tert-OH is 1. The number of aliphatic hydroxyl groups is 1. The molecule has 0 aromatic heterocycles. The zero-order chi connectivity index (χ0) is 13.1. The summed E-state index contributed by atoms with van der Waals surface area (Å²) in [6.45, 7) is 3.79. The topological polar surface area (TPSA) is 56.3 Å². The van der Waals surface area contributed by atoms with Crippen molar-refractivity contribution in [3.63, 3.8) is 0 Å². The molecule has 0 aliphatic heterocycles. The fraction of sp³-hybridized carbons (Fsp3) is 0.846. The summed E-state index contributed by atoms with van der Waals surface area (Å²) in [5.41, 5.74) is -0.437. The first-order valence-electron chi connectivity index (χ1n) is 6.47. The highest BCUT2D eigenvalue weighted by Crippen LogP contribution is 2.14. The van der Waals surface area contributed by atoms with Crippen molar-refractivity contribution < 1.29 is 5.11 Å². The van der Waals surface area contributed by atoms with Crippen molar-refractivity contribution in [1.82, 2.24) is 16.0 Å². The van der Waals surface area contributed by atoms with Crippen LogP contribution >= 0.6 is 0 Å². The molecule has 4 nitrogen and oxygen atoms in total. The highest BCUT2D eigenvalue weighted by molar-refractivity contribution is 4.94. The Morgan fingerprint density at radius 1 is 1.18 bits per heavy atom.